The number of methoxy groups -OCH3 is 1. The highest BCUT2D eigenvalue weighted by Crippen LogP contribution is 2.32. The van der Waals surface area contributed by atoms with E-state index < -0.39 is 15.9 Å². The van der Waals surface area contributed by atoms with Crippen molar-refractivity contribution in [3.05, 3.63) is 35.9 Å². The number of fused-ring (bicyclic) bond motifs is 1. The predicted molar refractivity (Wildman–Crippen MR) is 142 cm³/mol. The van der Waals surface area contributed by atoms with Crippen LogP contribution >= 0.6 is 0 Å². The van der Waals surface area contributed by atoms with Crippen LogP contribution < -0.4 is 19.3 Å². The number of rotatable bonds is 6. The Balaban J connectivity index is 1.60. The lowest BCUT2D eigenvalue weighted by Gasteiger charge is -2.35. The fraction of sp³-hybridized carbons (Fsp3) is 0.440. The Morgan fingerprint density at radius 3 is 2.53 bits per heavy atom. The van der Waals surface area contributed by atoms with E-state index in [9.17, 15) is 13.2 Å². The van der Waals surface area contributed by atoms with Crippen LogP contribution in [0.1, 0.15) is 17.3 Å². The summed E-state index contributed by atoms with van der Waals surface area (Å²) in [4.78, 5) is 31.6. The number of pyridine rings is 1. The second-order valence-electron chi connectivity index (χ2n) is 9.25. The van der Waals surface area contributed by atoms with Crippen molar-refractivity contribution in [1.82, 2.24) is 19.7 Å². The van der Waals surface area contributed by atoms with Crippen molar-refractivity contribution in [2.24, 2.45) is 0 Å². The molecule has 38 heavy (non-hydrogen) atoms. The van der Waals surface area contributed by atoms with Crippen molar-refractivity contribution in [2.45, 2.75) is 13.0 Å². The molecule has 12 nitrogen and oxygen atoms in total. The first-order valence-electron chi connectivity index (χ1n) is 12.3. The van der Waals surface area contributed by atoms with E-state index in [1.54, 1.807) is 18.2 Å². The first-order valence-corrected chi connectivity index (χ1v) is 14.2. The van der Waals surface area contributed by atoms with Crippen molar-refractivity contribution in [1.29, 1.82) is 0 Å². The third-order valence-electron chi connectivity index (χ3n) is 6.48. The minimum Gasteiger partial charge on any atom is -0.496 e. The van der Waals surface area contributed by atoms with E-state index in [0.717, 1.165) is 17.5 Å². The predicted octanol–water partition coefficient (Wildman–Crippen LogP) is 1.45. The molecule has 1 amide bonds. The molecule has 0 radical (unpaired) electrons. The van der Waals surface area contributed by atoms with E-state index in [-0.39, 0.29) is 17.4 Å². The molecule has 202 valence electrons. The van der Waals surface area contributed by atoms with Crippen LogP contribution in [0.3, 0.4) is 0 Å². The van der Waals surface area contributed by atoms with Crippen LogP contribution in [0, 0.1) is 0 Å². The second kappa shape index (κ2) is 10.7. The summed E-state index contributed by atoms with van der Waals surface area (Å²) >= 11 is 0. The summed E-state index contributed by atoms with van der Waals surface area (Å²) in [7, 11) is -2.34. The van der Waals surface area contributed by atoms with Gasteiger partial charge in [-0.15, -0.1) is 0 Å². The summed E-state index contributed by atoms with van der Waals surface area (Å²) in [6, 6.07) is 8.84. The summed E-state index contributed by atoms with van der Waals surface area (Å²) in [6.07, 6.45) is 0.921. The van der Waals surface area contributed by atoms with E-state index in [4.69, 9.17) is 29.2 Å². The van der Waals surface area contributed by atoms with Crippen LogP contribution in [0.5, 0.6) is 5.75 Å². The average Bonchev–Trinajstić information content (AvgIpc) is 2.91. The van der Waals surface area contributed by atoms with Crippen molar-refractivity contribution in [2.75, 3.05) is 69.2 Å². The van der Waals surface area contributed by atoms with Crippen molar-refractivity contribution in [3.8, 4) is 17.0 Å². The number of ether oxygens (including phenoxy) is 3. The molecule has 2 aliphatic rings. The number of carbonyl (C=O) groups excluding carboxylic acids is 1. The number of nitrogens with zero attached hydrogens (tertiary/aromatic N) is 5. The lowest BCUT2D eigenvalue weighted by Crippen LogP contribution is -2.44. The zero-order valence-corrected chi connectivity index (χ0v) is 22.3. The Morgan fingerprint density at radius 1 is 1.05 bits per heavy atom. The van der Waals surface area contributed by atoms with Gasteiger partial charge < -0.3 is 24.0 Å². The largest absolute Gasteiger partial charge is 0.496 e. The van der Waals surface area contributed by atoms with Gasteiger partial charge in [0, 0.05) is 25.2 Å². The summed E-state index contributed by atoms with van der Waals surface area (Å²) in [5.74, 6) is 0.847. The highest BCUT2D eigenvalue weighted by Gasteiger charge is 2.26. The van der Waals surface area contributed by atoms with Crippen molar-refractivity contribution in [3.63, 3.8) is 0 Å². The van der Waals surface area contributed by atoms with Crippen molar-refractivity contribution < 1.29 is 27.4 Å². The highest BCUT2D eigenvalue weighted by molar-refractivity contribution is 7.89. The van der Waals surface area contributed by atoms with Gasteiger partial charge in [0.25, 0.3) is 5.91 Å². The Morgan fingerprint density at radius 2 is 1.82 bits per heavy atom. The number of amides is 1. The third-order valence-corrected chi connectivity index (χ3v) is 7.04. The van der Waals surface area contributed by atoms with E-state index in [0.29, 0.717) is 68.9 Å². The van der Waals surface area contributed by atoms with Crippen molar-refractivity contribution >= 4 is 38.7 Å². The van der Waals surface area contributed by atoms with Gasteiger partial charge in [0.2, 0.25) is 16.0 Å². The van der Waals surface area contributed by atoms with Crippen LogP contribution in [-0.2, 0) is 19.5 Å². The van der Waals surface area contributed by atoms with Gasteiger partial charge in [0.05, 0.1) is 62.5 Å². The summed E-state index contributed by atoms with van der Waals surface area (Å²) in [5.41, 5.74) is 1.78. The molecule has 2 saturated heterocycles. The van der Waals surface area contributed by atoms with Gasteiger partial charge in [-0.05, 0) is 37.3 Å². The number of anilines is 2. The van der Waals surface area contributed by atoms with E-state index in [1.165, 1.54) is 7.11 Å². The molecular weight excluding hydrogens is 512 g/mol. The molecule has 0 bridgehead atoms. The molecule has 4 heterocycles. The van der Waals surface area contributed by atoms with E-state index in [1.807, 2.05) is 16.9 Å². The Labute approximate surface area is 221 Å². The smallest absolute Gasteiger partial charge is 0.268 e. The molecule has 1 aromatic carbocycles. The number of benzene rings is 1. The van der Waals surface area contributed by atoms with Gasteiger partial charge in [-0.1, -0.05) is 0 Å². The lowest BCUT2D eigenvalue weighted by atomic mass is 10.1. The van der Waals surface area contributed by atoms with Crippen LogP contribution in [0.4, 0.5) is 11.8 Å². The zero-order chi connectivity index (χ0) is 26.9. The molecule has 2 aromatic heterocycles. The Hall–Kier alpha value is -3.55. The van der Waals surface area contributed by atoms with Gasteiger partial charge in [-0.3, -0.25) is 4.79 Å². The minimum absolute atomic E-state index is 0.0804. The molecule has 3 aromatic rings. The molecule has 1 unspecified atom stereocenters. The normalized spacial score (nSPS) is 18.4. The molecule has 2 aliphatic heterocycles. The molecule has 13 heteroatoms. The number of morpholine rings is 2. The standard InChI is InChI=1S/C25H30N6O6S/c1-16-15-37-13-10-31(16)23-18-5-6-20(26-22(18)27-25(28-23)30-8-11-36-12-9-30)17-4-7-21(35-2)19(14-17)24(32)29-38(3,33)34/h4-7,14,16H,8-13,15H2,1-3H3,(H,29,32). The maximum Gasteiger partial charge on any atom is 0.268 e. The van der Waals surface area contributed by atoms with Gasteiger partial charge in [-0.25, -0.2) is 18.1 Å². The van der Waals surface area contributed by atoms with Gasteiger partial charge in [0.1, 0.15) is 11.6 Å². The zero-order valence-electron chi connectivity index (χ0n) is 21.5. The molecule has 1 N–H and O–H groups in total. The SMILES string of the molecule is COc1ccc(-c2ccc3c(N4CCOCC4C)nc(N4CCOCC4)nc3n2)cc1C(=O)NS(C)(=O)=O. The van der Waals surface area contributed by atoms with Crippen LogP contribution in [0.2, 0.25) is 0 Å². The number of nitrogens with one attached hydrogen (secondary N) is 1. The quantitative estimate of drug-likeness (QED) is 0.485. The molecular formula is C25H30N6O6S. The van der Waals surface area contributed by atoms with Crippen LogP contribution in [-0.4, -0.2) is 94.7 Å². The van der Waals surface area contributed by atoms with E-state index >= 15 is 0 Å². The maximum atomic E-state index is 12.7. The molecule has 0 saturated carbocycles. The minimum atomic E-state index is -3.75. The lowest BCUT2D eigenvalue weighted by molar-refractivity contribution is 0.0978. The Bertz CT molecular complexity index is 1460. The summed E-state index contributed by atoms with van der Waals surface area (Å²) in [5, 5.41) is 0.808. The van der Waals surface area contributed by atoms with Gasteiger partial charge >= 0.3 is 0 Å². The number of aromatic nitrogens is 3. The van der Waals surface area contributed by atoms with Crippen LogP contribution in [0.25, 0.3) is 22.3 Å². The summed E-state index contributed by atoms with van der Waals surface area (Å²) < 4.78 is 41.7. The summed E-state index contributed by atoms with van der Waals surface area (Å²) in [6.45, 7) is 6.58. The second-order valence-corrected chi connectivity index (χ2v) is 11.0. The molecule has 1 atom stereocenters. The molecule has 2 fully saturated rings. The average molecular weight is 543 g/mol. The topological polar surface area (TPSA) is 136 Å². The molecule has 5 rings (SSSR count). The van der Waals surface area contributed by atoms with Gasteiger partial charge in [0.15, 0.2) is 5.65 Å². The fourth-order valence-corrected chi connectivity index (χ4v) is 5.02. The first kappa shape index (κ1) is 26.1. The van der Waals surface area contributed by atoms with Gasteiger partial charge in [-0.2, -0.15) is 9.97 Å². The van der Waals surface area contributed by atoms with Crippen LogP contribution in [0.15, 0.2) is 30.3 Å². The molecule has 0 spiro atoms. The number of sulfonamides is 1. The number of carbonyl (C=O) groups is 1. The third kappa shape index (κ3) is 5.49. The fourth-order valence-electron chi connectivity index (χ4n) is 4.58. The Kier molecular flexibility index (Phi) is 7.32. The highest BCUT2D eigenvalue weighted by atomic mass is 32.2. The monoisotopic (exact) mass is 542 g/mol. The maximum absolute atomic E-state index is 12.7. The molecule has 0 aliphatic carbocycles. The number of hydrogen-bond donors (Lipinski definition) is 1. The number of hydrogen-bond acceptors (Lipinski definition) is 11. The van der Waals surface area contributed by atoms with E-state index in [2.05, 4.69) is 16.7 Å². The first-order chi connectivity index (χ1) is 18.2.